The lowest BCUT2D eigenvalue weighted by molar-refractivity contribution is 0.103. The van der Waals surface area contributed by atoms with Gasteiger partial charge in [-0.05, 0) is 38.8 Å². The van der Waals surface area contributed by atoms with E-state index in [0.717, 1.165) is 11.5 Å². The van der Waals surface area contributed by atoms with Gasteiger partial charge >= 0.3 is 0 Å². The summed E-state index contributed by atoms with van der Waals surface area (Å²) in [5.41, 5.74) is 0.823. The molecule has 3 heteroatoms. The van der Waals surface area contributed by atoms with Crippen LogP contribution < -0.4 is 0 Å². The lowest BCUT2D eigenvalue weighted by atomic mass is 10.1. The van der Waals surface area contributed by atoms with Crippen molar-refractivity contribution in [3.63, 3.8) is 0 Å². The second-order valence-corrected chi connectivity index (χ2v) is 5.46. The van der Waals surface area contributed by atoms with Gasteiger partial charge in [-0.15, -0.1) is 0 Å². The molecule has 0 radical (unpaired) electrons. The molecule has 0 bridgehead atoms. The highest BCUT2D eigenvalue weighted by Gasteiger charge is 2.31. The summed E-state index contributed by atoms with van der Waals surface area (Å²) < 4.78 is 0. The van der Waals surface area contributed by atoms with Gasteiger partial charge in [0.25, 0.3) is 0 Å². The van der Waals surface area contributed by atoms with Crippen molar-refractivity contribution in [1.82, 2.24) is 4.90 Å². The van der Waals surface area contributed by atoms with Crippen LogP contribution in [0, 0.1) is 5.92 Å². The maximum absolute atomic E-state index is 10.2. The molecule has 1 fully saturated rings. The largest absolute Gasteiger partial charge is 0.387 e. The molecule has 2 atom stereocenters. The minimum atomic E-state index is -0.505. The van der Waals surface area contributed by atoms with Gasteiger partial charge in [0.2, 0.25) is 0 Å². The van der Waals surface area contributed by atoms with Crippen LogP contribution in [0.2, 0.25) is 5.02 Å². The first-order valence-electron chi connectivity index (χ1n) is 6.22. The van der Waals surface area contributed by atoms with Crippen LogP contribution in [0.5, 0.6) is 0 Å². The summed E-state index contributed by atoms with van der Waals surface area (Å²) in [6, 6.07) is 8.06. The number of aliphatic hydroxyl groups is 1. The molecule has 0 amide bonds. The Morgan fingerprint density at radius 3 is 2.65 bits per heavy atom. The SMILES string of the molecule is CC(C1CC1)N(C)CC(O)c1ccccc1Cl. The molecule has 1 aliphatic carbocycles. The summed E-state index contributed by atoms with van der Waals surface area (Å²) in [6.45, 7) is 2.87. The summed E-state index contributed by atoms with van der Waals surface area (Å²) in [4.78, 5) is 2.23. The number of rotatable bonds is 5. The van der Waals surface area contributed by atoms with E-state index in [-0.39, 0.29) is 0 Å². The fourth-order valence-corrected chi connectivity index (χ4v) is 2.48. The Morgan fingerprint density at radius 1 is 1.41 bits per heavy atom. The van der Waals surface area contributed by atoms with Crippen molar-refractivity contribution in [2.75, 3.05) is 13.6 Å². The Bertz CT molecular complexity index is 378. The quantitative estimate of drug-likeness (QED) is 0.872. The highest BCUT2D eigenvalue weighted by Crippen LogP contribution is 2.35. The van der Waals surface area contributed by atoms with Crippen molar-refractivity contribution < 1.29 is 5.11 Å². The molecule has 94 valence electrons. The third kappa shape index (κ3) is 3.21. The van der Waals surface area contributed by atoms with E-state index in [2.05, 4.69) is 18.9 Å². The van der Waals surface area contributed by atoms with E-state index in [9.17, 15) is 5.11 Å². The maximum Gasteiger partial charge on any atom is 0.0931 e. The van der Waals surface area contributed by atoms with E-state index >= 15 is 0 Å². The van der Waals surface area contributed by atoms with Gasteiger partial charge in [-0.25, -0.2) is 0 Å². The highest BCUT2D eigenvalue weighted by molar-refractivity contribution is 6.31. The van der Waals surface area contributed by atoms with Crippen molar-refractivity contribution in [3.05, 3.63) is 34.9 Å². The van der Waals surface area contributed by atoms with E-state index in [0.29, 0.717) is 17.6 Å². The van der Waals surface area contributed by atoms with Gasteiger partial charge in [0.05, 0.1) is 6.10 Å². The zero-order valence-electron chi connectivity index (χ0n) is 10.4. The van der Waals surface area contributed by atoms with Crippen molar-refractivity contribution in [2.24, 2.45) is 5.92 Å². The van der Waals surface area contributed by atoms with E-state index in [1.54, 1.807) is 0 Å². The predicted octanol–water partition coefficient (Wildman–Crippen LogP) is 3.10. The van der Waals surface area contributed by atoms with Crippen LogP contribution in [0.4, 0.5) is 0 Å². The van der Waals surface area contributed by atoms with Gasteiger partial charge < -0.3 is 10.0 Å². The van der Waals surface area contributed by atoms with Crippen LogP contribution in [0.1, 0.15) is 31.4 Å². The molecule has 1 aliphatic rings. The van der Waals surface area contributed by atoms with E-state index in [4.69, 9.17) is 11.6 Å². The van der Waals surface area contributed by atoms with Crippen LogP contribution in [0.25, 0.3) is 0 Å². The third-order valence-electron chi connectivity index (χ3n) is 3.72. The summed E-state index contributed by atoms with van der Waals surface area (Å²) in [5, 5.41) is 10.8. The number of hydrogen-bond acceptors (Lipinski definition) is 2. The Balaban J connectivity index is 1.96. The van der Waals surface area contributed by atoms with E-state index < -0.39 is 6.10 Å². The second-order valence-electron chi connectivity index (χ2n) is 5.05. The normalized spacial score (nSPS) is 19.4. The highest BCUT2D eigenvalue weighted by atomic mass is 35.5. The van der Waals surface area contributed by atoms with Gasteiger partial charge in [0.1, 0.15) is 0 Å². The standard InChI is InChI=1S/C14H20ClNO/c1-10(11-7-8-11)16(2)9-14(17)12-5-3-4-6-13(12)15/h3-6,10-11,14,17H,7-9H2,1-2H3. The molecule has 0 saturated heterocycles. The van der Waals surface area contributed by atoms with Crippen molar-refractivity contribution >= 4 is 11.6 Å². The fraction of sp³-hybridized carbons (Fsp3) is 0.571. The molecule has 2 nitrogen and oxygen atoms in total. The molecule has 1 aromatic carbocycles. The van der Waals surface area contributed by atoms with Crippen LogP contribution in [-0.2, 0) is 0 Å². The monoisotopic (exact) mass is 253 g/mol. The molecular formula is C14H20ClNO. The number of halogens is 1. The van der Waals surface area contributed by atoms with Crippen molar-refractivity contribution in [2.45, 2.75) is 31.9 Å². The molecule has 0 heterocycles. The van der Waals surface area contributed by atoms with Gasteiger partial charge in [0, 0.05) is 23.2 Å². The lowest BCUT2D eigenvalue weighted by Crippen LogP contribution is -2.34. The van der Waals surface area contributed by atoms with Gasteiger partial charge in [-0.3, -0.25) is 0 Å². The first kappa shape index (κ1) is 12.9. The number of nitrogens with zero attached hydrogens (tertiary/aromatic N) is 1. The summed E-state index contributed by atoms with van der Waals surface area (Å²) in [5.74, 6) is 0.818. The molecule has 1 aromatic rings. The van der Waals surface area contributed by atoms with Gasteiger partial charge in [0.15, 0.2) is 0 Å². The number of hydrogen-bond donors (Lipinski definition) is 1. The van der Waals surface area contributed by atoms with Crippen molar-refractivity contribution in [3.8, 4) is 0 Å². The van der Waals surface area contributed by atoms with Crippen molar-refractivity contribution in [1.29, 1.82) is 0 Å². The van der Waals surface area contributed by atoms with E-state index in [1.807, 2.05) is 24.3 Å². The predicted molar refractivity (Wildman–Crippen MR) is 71.2 cm³/mol. The molecule has 17 heavy (non-hydrogen) atoms. The summed E-state index contributed by atoms with van der Waals surface area (Å²) >= 11 is 6.08. The van der Waals surface area contributed by atoms with Crippen LogP contribution in [0.15, 0.2) is 24.3 Å². The molecule has 0 aliphatic heterocycles. The average molecular weight is 254 g/mol. The lowest BCUT2D eigenvalue weighted by Gasteiger charge is -2.27. The smallest absolute Gasteiger partial charge is 0.0931 e. The molecule has 0 spiro atoms. The fourth-order valence-electron chi connectivity index (χ4n) is 2.22. The second kappa shape index (κ2) is 5.38. The Morgan fingerprint density at radius 2 is 2.06 bits per heavy atom. The van der Waals surface area contributed by atoms with Crippen LogP contribution in [-0.4, -0.2) is 29.6 Å². The molecule has 1 saturated carbocycles. The zero-order valence-corrected chi connectivity index (χ0v) is 11.2. The number of likely N-dealkylation sites (N-methyl/N-ethyl adjacent to an activating group) is 1. The average Bonchev–Trinajstić information content (AvgIpc) is 3.12. The van der Waals surface area contributed by atoms with E-state index in [1.165, 1.54) is 12.8 Å². The van der Waals surface area contributed by atoms with Gasteiger partial charge in [-0.2, -0.15) is 0 Å². The van der Waals surface area contributed by atoms with Gasteiger partial charge in [-0.1, -0.05) is 29.8 Å². The zero-order chi connectivity index (χ0) is 12.4. The topological polar surface area (TPSA) is 23.5 Å². The first-order valence-corrected chi connectivity index (χ1v) is 6.60. The molecule has 0 aromatic heterocycles. The maximum atomic E-state index is 10.2. The molecule has 2 rings (SSSR count). The minimum Gasteiger partial charge on any atom is -0.387 e. The number of aliphatic hydroxyl groups excluding tert-OH is 1. The Kier molecular flexibility index (Phi) is 4.08. The third-order valence-corrected chi connectivity index (χ3v) is 4.07. The Hall–Kier alpha value is -0.570. The summed E-state index contributed by atoms with van der Waals surface area (Å²) in [6.07, 6.45) is 2.15. The molecular weight excluding hydrogens is 234 g/mol. The number of benzene rings is 1. The minimum absolute atomic E-state index is 0.505. The first-order chi connectivity index (χ1) is 8.09. The molecule has 1 N–H and O–H groups in total. The van der Waals surface area contributed by atoms with Crippen LogP contribution in [0.3, 0.4) is 0 Å². The summed E-state index contributed by atoms with van der Waals surface area (Å²) in [7, 11) is 2.07. The van der Waals surface area contributed by atoms with Crippen LogP contribution >= 0.6 is 11.6 Å². The Labute approximate surface area is 108 Å². The molecule has 2 unspecified atom stereocenters.